The molecule has 0 aliphatic heterocycles. The minimum Gasteiger partial charge on any atom is -0.358 e. The van der Waals surface area contributed by atoms with Gasteiger partial charge in [-0.05, 0) is 16.2 Å². The Morgan fingerprint density at radius 1 is 1.83 bits per heavy atom. The second-order valence-electron chi connectivity index (χ2n) is 2.63. The molecule has 0 N–H and O–H groups in total. The third-order valence-electron chi connectivity index (χ3n) is 1.70. The molecule has 0 bridgehead atoms. The molecule has 1 aromatic rings. The molecular weight excluding hydrogens is 157 g/mol. The van der Waals surface area contributed by atoms with Gasteiger partial charge in [0, 0.05) is 7.05 Å². The van der Waals surface area contributed by atoms with Gasteiger partial charge in [0.2, 0.25) is 6.33 Å². The second kappa shape index (κ2) is 3.38. The molecule has 1 rings (SSSR count). The van der Waals surface area contributed by atoms with Gasteiger partial charge in [-0.3, -0.25) is 0 Å². The van der Waals surface area contributed by atoms with E-state index in [4.69, 9.17) is 0 Å². The topological polar surface area (TPSA) is 61.0 Å². The Labute approximate surface area is 70.8 Å². The van der Waals surface area contributed by atoms with E-state index in [1.807, 2.05) is 6.82 Å². The summed E-state index contributed by atoms with van der Waals surface area (Å²) in [5.41, 5.74) is 0.697. The standard InChI is InChI=1S/C6H10BN3O2/c1-7-3-5-6(10(11)12)8-4-9(5)2/h4,7H,3H2,1-2H3. The first-order valence-corrected chi connectivity index (χ1v) is 3.81. The number of hydrogen-bond acceptors (Lipinski definition) is 3. The lowest BCUT2D eigenvalue weighted by Crippen LogP contribution is -2.02. The number of nitro groups is 1. The monoisotopic (exact) mass is 167 g/mol. The number of rotatable bonds is 3. The maximum Gasteiger partial charge on any atom is 0.384 e. The third kappa shape index (κ3) is 1.47. The molecule has 1 heterocycles. The Hall–Kier alpha value is -1.33. The molecule has 0 spiro atoms. The number of aryl methyl sites for hydroxylation is 1. The minimum absolute atomic E-state index is 0.0145. The van der Waals surface area contributed by atoms with Crippen molar-refractivity contribution >= 4 is 13.1 Å². The predicted molar refractivity (Wildman–Crippen MR) is 46.6 cm³/mol. The van der Waals surface area contributed by atoms with Crippen LogP contribution in [0.3, 0.4) is 0 Å². The molecular formula is C6H10BN3O2. The Kier molecular flexibility index (Phi) is 2.47. The normalized spacial score (nSPS) is 9.83. The van der Waals surface area contributed by atoms with Crippen molar-refractivity contribution in [1.82, 2.24) is 9.55 Å². The first-order valence-electron chi connectivity index (χ1n) is 3.81. The van der Waals surface area contributed by atoms with E-state index in [0.717, 1.165) is 7.28 Å². The van der Waals surface area contributed by atoms with Crippen molar-refractivity contribution in [2.75, 3.05) is 0 Å². The smallest absolute Gasteiger partial charge is 0.358 e. The maximum atomic E-state index is 10.4. The van der Waals surface area contributed by atoms with Gasteiger partial charge in [-0.25, -0.2) is 0 Å². The Bertz CT molecular complexity index is 297. The van der Waals surface area contributed by atoms with Crippen LogP contribution in [0, 0.1) is 10.1 Å². The van der Waals surface area contributed by atoms with Gasteiger partial charge in [-0.15, -0.1) is 0 Å². The van der Waals surface area contributed by atoms with Crippen LogP contribution in [0.25, 0.3) is 0 Å². The minimum atomic E-state index is -0.439. The van der Waals surface area contributed by atoms with Gasteiger partial charge in [0.1, 0.15) is 13.0 Å². The zero-order chi connectivity index (χ0) is 9.14. The van der Waals surface area contributed by atoms with Crippen LogP contribution < -0.4 is 0 Å². The highest BCUT2D eigenvalue weighted by Gasteiger charge is 2.18. The van der Waals surface area contributed by atoms with Crippen LogP contribution in [-0.4, -0.2) is 21.8 Å². The molecule has 64 valence electrons. The van der Waals surface area contributed by atoms with Crippen LogP contribution in [0.1, 0.15) is 5.69 Å². The quantitative estimate of drug-likeness (QED) is 0.369. The van der Waals surface area contributed by atoms with Crippen LogP contribution >= 0.6 is 0 Å². The number of imidazole rings is 1. The summed E-state index contributed by atoms with van der Waals surface area (Å²) in [7, 11) is 2.66. The van der Waals surface area contributed by atoms with Gasteiger partial charge in [0.05, 0.1) is 0 Å². The lowest BCUT2D eigenvalue weighted by Gasteiger charge is -1.97. The van der Waals surface area contributed by atoms with E-state index in [1.165, 1.54) is 6.33 Å². The zero-order valence-corrected chi connectivity index (χ0v) is 7.15. The molecule has 5 nitrogen and oxygen atoms in total. The van der Waals surface area contributed by atoms with Crippen LogP contribution in [0.4, 0.5) is 5.82 Å². The van der Waals surface area contributed by atoms with Crippen LogP contribution in [0.2, 0.25) is 6.82 Å². The summed E-state index contributed by atoms with van der Waals surface area (Å²) >= 11 is 0. The van der Waals surface area contributed by atoms with E-state index >= 15 is 0 Å². The van der Waals surface area contributed by atoms with Crippen molar-refractivity contribution in [1.29, 1.82) is 0 Å². The summed E-state index contributed by atoms with van der Waals surface area (Å²) < 4.78 is 1.70. The van der Waals surface area contributed by atoms with Crippen molar-refractivity contribution in [3.63, 3.8) is 0 Å². The Morgan fingerprint density at radius 2 is 2.50 bits per heavy atom. The number of aromatic nitrogens is 2. The summed E-state index contributed by atoms with van der Waals surface area (Å²) in [6, 6.07) is 0. The zero-order valence-electron chi connectivity index (χ0n) is 7.15. The molecule has 0 aromatic carbocycles. The molecule has 0 radical (unpaired) electrons. The fraction of sp³-hybridized carbons (Fsp3) is 0.500. The largest absolute Gasteiger partial charge is 0.384 e. The van der Waals surface area contributed by atoms with Crippen molar-refractivity contribution < 1.29 is 4.92 Å². The van der Waals surface area contributed by atoms with Crippen molar-refractivity contribution in [3.8, 4) is 0 Å². The predicted octanol–water partition coefficient (Wildman–Crippen LogP) is 0.313. The fourth-order valence-electron chi connectivity index (χ4n) is 1.12. The maximum absolute atomic E-state index is 10.4. The summed E-state index contributed by atoms with van der Waals surface area (Å²) in [5, 5.41) is 10.4. The summed E-state index contributed by atoms with van der Waals surface area (Å²) in [6.45, 7) is 1.98. The van der Waals surface area contributed by atoms with E-state index in [1.54, 1.807) is 11.6 Å². The van der Waals surface area contributed by atoms with Gasteiger partial charge < -0.3 is 14.7 Å². The van der Waals surface area contributed by atoms with E-state index in [9.17, 15) is 10.1 Å². The fourth-order valence-corrected chi connectivity index (χ4v) is 1.12. The van der Waals surface area contributed by atoms with Crippen LogP contribution in [0.5, 0.6) is 0 Å². The van der Waals surface area contributed by atoms with Crippen molar-refractivity contribution in [2.45, 2.75) is 13.1 Å². The molecule has 0 atom stereocenters. The highest BCUT2D eigenvalue weighted by molar-refractivity contribution is 6.32. The molecule has 6 heteroatoms. The SMILES string of the molecule is CBCc1c([N+](=O)[O-])ncn1C. The van der Waals surface area contributed by atoms with E-state index < -0.39 is 4.92 Å². The molecule has 0 saturated heterocycles. The third-order valence-corrected chi connectivity index (χ3v) is 1.70. The first-order chi connectivity index (χ1) is 5.66. The van der Waals surface area contributed by atoms with Gasteiger partial charge in [-0.2, -0.15) is 0 Å². The average molecular weight is 167 g/mol. The molecule has 0 saturated carbocycles. The molecule has 0 aliphatic carbocycles. The van der Waals surface area contributed by atoms with Crippen molar-refractivity contribution in [3.05, 3.63) is 22.1 Å². The average Bonchev–Trinajstić information content (AvgIpc) is 2.34. The van der Waals surface area contributed by atoms with Gasteiger partial charge in [0.25, 0.3) is 0 Å². The lowest BCUT2D eigenvalue weighted by atomic mass is 9.76. The van der Waals surface area contributed by atoms with Crippen LogP contribution in [0.15, 0.2) is 6.33 Å². The Morgan fingerprint density at radius 3 is 3.00 bits per heavy atom. The highest BCUT2D eigenvalue weighted by atomic mass is 16.6. The van der Waals surface area contributed by atoms with Crippen molar-refractivity contribution in [2.24, 2.45) is 7.05 Å². The Balaban J connectivity index is 3.03. The molecule has 0 unspecified atom stereocenters. The molecule has 0 amide bonds. The summed E-state index contributed by atoms with van der Waals surface area (Å²) in [5.74, 6) is -0.0145. The summed E-state index contributed by atoms with van der Waals surface area (Å²) in [6.07, 6.45) is 2.18. The molecule has 0 fully saturated rings. The van der Waals surface area contributed by atoms with Gasteiger partial charge in [-0.1, -0.05) is 6.82 Å². The van der Waals surface area contributed by atoms with Crippen LogP contribution in [-0.2, 0) is 13.4 Å². The van der Waals surface area contributed by atoms with Gasteiger partial charge >= 0.3 is 5.82 Å². The lowest BCUT2D eigenvalue weighted by molar-refractivity contribution is -0.390. The van der Waals surface area contributed by atoms with E-state index in [2.05, 4.69) is 4.98 Å². The first kappa shape index (κ1) is 8.77. The second-order valence-corrected chi connectivity index (χ2v) is 2.63. The van der Waals surface area contributed by atoms with Gasteiger partial charge in [0.15, 0.2) is 0 Å². The highest BCUT2D eigenvalue weighted by Crippen LogP contribution is 2.14. The van der Waals surface area contributed by atoms with E-state index in [0.29, 0.717) is 12.0 Å². The molecule has 12 heavy (non-hydrogen) atoms. The number of nitrogens with zero attached hydrogens (tertiary/aromatic N) is 3. The molecule has 1 aromatic heterocycles. The molecule has 0 aliphatic rings. The van der Waals surface area contributed by atoms with E-state index in [-0.39, 0.29) is 5.82 Å². The number of hydrogen-bond donors (Lipinski definition) is 0. The summed E-state index contributed by atoms with van der Waals surface area (Å²) in [4.78, 5) is 13.7.